The molecule has 1 unspecified atom stereocenters. The lowest BCUT2D eigenvalue weighted by Gasteiger charge is -2.38. The van der Waals surface area contributed by atoms with Crippen molar-refractivity contribution in [2.24, 2.45) is 5.92 Å². The van der Waals surface area contributed by atoms with Gasteiger partial charge in [0.15, 0.2) is 0 Å². The minimum Gasteiger partial charge on any atom is -0.481 e. The van der Waals surface area contributed by atoms with Gasteiger partial charge in [0.25, 0.3) is 5.91 Å². The fourth-order valence-corrected chi connectivity index (χ4v) is 4.73. The molecular formula is C25H25F3N2O5. The Morgan fingerprint density at radius 1 is 1.00 bits per heavy atom. The van der Waals surface area contributed by atoms with Gasteiger partial charge in [0, 0.05) is 19.0 Å². The van der Waals surface area contributed by atoms with Crippen molar-refractivity contribution in [3.63, 3.8) is 0 Å². The second-order valence-corrected chi connectivity index (χ2v) is 8.98. The Bertz CT molecular complexity index is 1100. The summed E-state index contributed by atoms with van der Waals surface area (Å²) in [6.07, 6.45) is -6.38. The molecule has 1 saturated heterocycles. The normalized spacial score (nSPS) is 17.8. The highest BCUT2D eigenvalue weighted by Crippen LogP contribution is 2.44. The molecule has 2 N–H and O–H groups in total. The fraction of sp³-hybridized carbons (Fsp3) is 0.400. The lowest BCUT2D eigenvalue weighted by Crippen LogP contribution is -2.66. The Morgan fingerprint density at radius 3 is 2.00 bits per heavy atom. The van der Waals surface area contributed by atoms with Gasteiger partial charge >= 0.3 is 18.2 Å². The molecule has 1 heterocycles. The van der Waals surface area contributed by atoms with Gasteiger partial charge < -0.3 is 14.7 Å². The highest BCUT2D eigenvalue weighted by molar-refractivity contribution is 5.91. The zero-order chi connectivity index (χ0) is 25.4. The molecule has 0 aromatic heterocycles. The molecule has 7 nitrogen and oxygen atoms in total. The van der Waals surface area contributed by atoms with Crippen LogP contribution in [0.4, 0.5) is 18.0 Å². The van der Waals surface area contributed by atoms with E-state index in [4.69, 9.17) is 9.84 Å². The first-order valence-corrected chi connectivity index (χ1v) is 11.2. The number of carbonyl (C=O) groups excluding carboxylic acids is 2. The number of nitrogens with zero attached hydrogens (tertiary/aromatic N) is 1. The SMILES string of the molecule is CC(NC(=O)OCC1c2ccccc2-c2ccccc21)(C(=O)N1CCC(C(=O)O)CC1)C(F)(F)F. The number of benzene rings is 2. The predicted octanol–water partition coefficient (Wildman–Crippen LogP) is 4.17. The van der Waals surface area contributed by atoms with Gasteiger partial charge in [-0.3, -0.25) is 14.9 Å². The van der Waals surface area contributed by atoms with Crippen LogP contribution in [-0.2, 0) is 14.3 Å². The van der Waals surface area contributed by atoms with Crippen molar-refractivity contribution < 1.29 is 37.4 Å². The quantitative estimate of drug-likeness (QED) is 0.656. The van der Waals surface area contributed by atoms with Gasteiger partial charge in [-0.25, -0.2) is 4.79 Å². The number of ether oxygens (including phenoxy) is 1. The fourth-order valence-electron chi connectivity index (χ4n) is 4.73. The summed E-state index contributed by atoms with van der Waals surface area (Å²) in [7, 11) is 0. The number of fused-ring (bicyclic) bond motifs is 3. The van der Waals surface area contributed by atoms with E-state index in [0.29, 0.717) is 6.92 Å². The van der Waals surface area contributed by atoms with E-state index in [2.05, 4.69) is 0 Å². The van der Waals surface area contributed by atoms with Crippen molar-refractivity contribution in [2.75, 3.05) is 19.7 Å². The first-order chi connectivity index (χ1) is 16.5. The van der Waals surface area contributed by atoms with E-state index < -0.39 is 35.6 Å². The molecule has 35 heavy (non-hydrogen) atoms. The number of rotatable bonds is 5. The van der Waals surface area contributed by atoms with Crippen LogP contribution >= 0.6 is 0 Å². The Hall–Kier alpha value is -3.56. The maximum absolute atomic E-state index is 14.0. The van der Waals surface area contributed by atoms with E-state index in [1.807, 2.05) is 48.5 Å². The van der Waals surface area contributed by atoms with Crippen LogP contribution in [0.1, 0.15) is 36.8 Å². The number of carboxylic acids is 1. The lowest BCUT2D eigenvalue weighted by atomic mass is 9.93. The van der Waals surface area contributed by atoms with Crippen LogP contribution in [0.3, 0.4) is 0 Å². The second-order valence-electron chi connectivity index (χ2n) is 8.98. The lowest BCUT2D eigenvalue weighted by molar-refractivity contribution is -0.201. The van der Waals surface area contributed by atoms with Crippen molar-refractivity contribution in [2.45, 2.75) is 37.4 Å². The van der Waals surface area contributed by atoms with Gasteiger partial charge in [0.1, 0.15) is 6.61 Å². The van der Waals surface area contributed by atoms with Crippen molar-refractivity contribution in [1.82, 2.24) is 10.2 Å². The minimum atomic E-state index is -5.10. The summed E-state index contributed by atoms with van der Waals surface area (Å²) in [4.78, 5) is 37.4. The second kappa shape index (κ2) is 9.24. The third-order valence-corrected chi connectivity index (χ3v) is 6.82. The molecule has 0 saturated carbocycles. The average Bonchev–Trinajstić information content (AvgIpc) is 3.15. The van der Waals surface area contributed by atoms with Crippen LogP contribution in [-0.4, -0.2) is 59.4 Å². The Labute approximate surface area is 199 Å². The Morgan fingerprint density at radius 2 is 1.51 bits per heavy atom. The van der Waals surface area contributed by atoms with Crippen LogP contribution in [0.25, 0.3) is 11.1 Å². The average molecular weight is 490 g/mol. The number of alkyl carbamates (subject to hydrolysis) is 1. The monoisotopic (exact) mass is 490 g/mol. The van der Waals surface area contributed by atoms with E-state index in [-0.39, 0.29) is 38.5 Å². The summed E-state index contributed by atoms with van der Waals surface area (Å²) >= 11 is 0. The zero-order valence-corrected chi connectivity index (χ0v) is 19.0. The number of carbonyl (C=O) groups is 3. The molecule has 4 rings (SSSR count). The molecule has 186 valence electrons. The smallest absolute Gasteiger partial charge is 0.420 e. The van der Waals surface area contributed by atoms with E-state index in [9.17, 15) is 27.6 Å². The number of hydrogen-bond acceptors (Lipinski definition) is 4. The van der Waals surface area contributed by atoms with E-state index in [1.165, 1.54) is 0 Å². The number of amides is 2. The molecule has 1 atom stereocenters. The largest absolute Gasteiger partial charge is 0.481 e. The van der Waals surface area contributed by atoms with Gasteiger partial charge in [-0.15, -0.1) is 0 Å². The van der Waals surface area contributed by atoms with Crippen LogP contribution in [0.5, 0.6) is 0 Å². The molecule has 2 aromatic rings. The number of aliphatic carboxylic acids is 1. The third kappa shape index (κ3) is 4.56. The molecule has 2 amide bonds. The molecule has 0 spiro atoms. The van der Waals surface area contributed by atoms with Gasteiger partial charge in [0.05, 0.1) is 5.92 Å². The van der Waals surface area contributed by atoms with E-state index >= 15 is 0 Å². The van der Waals surface area contributed by atoms with Gasteiger partial charge in [-0.1, -0.05) is 48.5 Å². The van der Waals surface area contributed by atoms with Crippen LogP contribution < -0.4 is 5.32 Å². The van der Waals surface area contributed by atoms with E-state index in [1.54, 1.807) is 5.32 Å². The highest BCUT2D eigenvalue weighted by atomic mass is 19.4. The predicted molar refractivity (Wildman–Crippen MR) is 120 cm³/mol. The Kier molecular flexibility index (Phi) is 6.48. The first kappa shape index (κ1) is 24.6. The van der Waals surface area contributed by atoms with Crippen molar-refractivity contribution in [1.29, 1.82) is 0 Å². The zero-order valence-electron chi connectivity index (χ0n) is 19.0. The first-order valence-electron chi connectivity index (χ1n) is 11.2. The summed E-state index contributed by atoms with van der Waals surface area (Å²) in [5.74, 6) is -3.46. The third-order valence-electron chi connectivity index (χ3n) is 6.82. The number of hydrogen-bond donors (Lipinski definition) is 2. The number of carboxylic acid groups (broad SMARTS) is 1. The van der Waals surface area contributed by atoms with Gasteiger partial charge in [0.2, 0.25) is 5.54 Å². The number of piperidine rings is 1. The van der Waals surface area contributed by atoms with E-state index in [0.717, 1.165) is 27.2 Å². The molecule has 1 aliphatic heterocycles. The number of halogens is 3. The molecule has 10 heteroatoms. The molecule has 1 aliphatic carbocycles. The molecular weight excluding hydrogens is 465 g/mol. The van der Waals surface area contributed by atoms with Crippen LogP contribution in [0.2, 0.25) is 0 Å². The van der Waals surface area contributed by atoms with Gasteiger partial charge in [-0.2, -0.15) is 13.2 Å². The molecule has 1 fully saturated rings. The molecule has 0 radical (unpaired) electrons. The summed E-state index contributed by atoms with van der Waals surface area (Å²) in [5.41, 5.74) is 0.523. The maximum atomic E-state index is 14.0. The summed E-state index contributed by atoms with van der Waals surface area (Å²) in [6.45, 7) is 0.105. The maximum Gasteiger partial charge on any atom is 0.420 e. The van der Waals surface area contributed by atoms with Crippen LogP contribution in [0.15, 0.2) is 48.5 Å². The van der Waals surface area contributed by atoms with Crippen molar-refractivity contribution >= 4 is 18.0 Å². The van der Waals surface area contributed by atoms with Gasteiger partial charge in [-0.05, 0) is 42.0 Å². The number of likely N-dealkylation sites (tertiary alicyclic amines) is 1. The standard InChI is InChI=1S/C25H25F3N2O5/c1-24(25(26,27)28,22(33)30-12-10-15(11-13-30)21(31)32)29-23(34)35-14-20-18-8-4-2-6-16(18)17-7-3-5-9-19(17)20/h2-9,15,20H,10-14H2,1H3,(H,29,34)(H,31,32). The molecule has 0 bridgehead atoms. The van der Waals surface area contributed by atoms with Crippen molar-refractivity contribution in [3.8, 4) is 11.1 Å². The molecule has 2 aliphatic rings. The summed E-state index contributed by atoms with van der Waals surface area (Å²) in [5, 5.41) is 10.8. The summed E-state index contributed by atoms with van der Waals surface area (Å²) < 4.78 is 47.2. The van der Waals surface area contributed by atoms with Crippen molar-refractivity contribution in [3.05, 3.63) is 59.7 Å². The molecule has 2 aromatic carbocycles. The minimum absolute atomic E-state index is 0.0416. The van der Waals surface area contributed by atoms with Crippen LogP contribution in [0, 0.1) is 5.92 Å². The topological polar surface area (TPSA) is 95.9 Å². The highest BCUT2D eigenvalue weighted by Gasteiger charge is 2.60. The summed E-state index contributed by atoms with van der Waals surface area (Å²) in [6, 6.07) is 15.1. The Balaban J connectivity index is 1.46. The number of alkyl halides is 3. The number of nitrogens with one attached hydrogen (secondary N) is 1.